The van der Waals surface area contributed by atoms with Gasteiger partial charge in [-0.3, -0.25) is 4.79 Å². The quantitative estimate of drug-likeness (QED) is 0.284. The maximum Gasteiger partial charge on any atom is 0.337 e. The Kier molecular flexibility index (Phi) is 7.11. The Hall–Kier alpha value is -3.35. The summed E-state index contributed by atoms with van der Waals surface area (Å²) in [5.41, 5.74) is 6.87. The summed E-state index contributed by atoms with van der Waals surface area (Å²) < 4.78 is 10.9. The number of methoxy groups -OCH3 is 2. The molecule has 2 atom stereocenters. The van der Waals surface area contributed by atoms with Crippen LogP contribution in [0.5, 0.6) is 0 Å². The summed E-state index contributed by atoms with van der Waals surface area (Å²) in [6.07, 6.45) is 0.287. The Balaban J connectivity index is 1.95. The van der Waals surface area contributed by atoms with Crippen molar-refractivity contribution >= 4 is 52.8 Å². The first kappa shape index (κ1) is 25.7. The predicted molar refractivity (Wildman–Crippen MR) is 143 cm³/mol. The maximum absolute atomic E-state index is 13.6. The van der Waals surface area contributed by atoms with Crippen molar-refractivity contribution in [3.8, 4) is 11.5 Å². The van der Waals surface area contributed by atoms with Crippen LogP contribution in [0.2, 0.25) is 19.6 Å². The lowest BCUT2D eigenvalue weighted by molar-refractivity contribution is -0.153. The van der Waals surface area contributed by atoms with E-state index in [2.05, 4.69) is 52.0 Å². The van der Waals surface area contributed by atoms with Gasteiger partial charge in [-0.15, -0.1) is 5.54 Å². The molecule has 3 aromatic rings. The van der Waals surface area contributed by atoms with Crippen LogP contribution in [0.25, 0.3) is 10.9 Å². The fourth-order valence-electron chi connectivity index (χ4n) is 4.45. The lowest BCUT2D eigenvalue weighted by Crippen LogP contribution is -2.51. The molecule has 186 valence electrons. The van der Waals surface area contributed by atoms with Crippen molar-refractivity contribution in [1.29, 1.82) is 0 Å². The molecule has 0 aliphatic carbocycles. The van der Waals surface area contributed by atoms with Gasteiger partial charge in [0.1, 0.15) is 14.1 Å². The molecule has 0 radical (unpaired) electrons. The van der Waals surface area contributed by atoms with E-state index in [4.69, 9.17) is 9.47 Å². The second-order valence-electron chi connectivity index (χ2n) is 9.68. The summed E-state index contributed by atoms with van der Waals surface area (Å²) in [5, 5.41) is 0.963. The fraction of sp³-hybridized carbons (Fsp3) is 0.296. The van der Waals surface area contributed by atoms with Crippen LogP contribution < -0.4 is 0 Å². The topological polar surface area (TPSA) is 88.7 Å². The molecular weight excluding hydrogens is 540 g/mol. The predicted octanol–water partition coefficient (Wildman–Crippen LogP) is 4.61. The zero-order valence-corrected chi connectivity index (χ0v) is 23.4. The number of fused-ring (bicyclic) bond motifs is 3. The summed E-state index contributed by atoms with van der Waals surface area (Å²) >= 11 is 3.54. The van der Waals surface area contributed by atoms with Gasteiger partial charge in [-0.25, -0.2) is 9.59 Å². The minimum absolute atomic E-state index is 0.287. The lowest BCUT2D eigenvalue weighted by atomic mass is 9.87. The molecule has 7 nitrogen and oxygen atoms in total. The number of benzene rings is 2. The van der Waals surface area contributed by atoms with Gasteiger partial charge in [0.25, 0.3) is 5.91 Å². The van der Waals surface area contributed by atoms with Gasteiger partial charge < -0.3 is 19.4 Å². The van der Waals surface area contributed by atoms with Gasteiger partial charge in [0.05, 0.1) is 25.8 Å². The Labute approximate surface area is 219 Å². The number of halogens is 1. The summed E-state index contributed by atoms with van der Waals surface area (Å²) in [7, 11) is 0.784. The number of nitrogens with zero attached hydrogens (tertiary/aromatic N) is 1. The van der Waals surface area contributed by atoms with Crippen LogP contribution >= 0.6 is 15.9 Å². The zero-order chi connectivity index (χ0) is 26.2. The van der Waals surface area contributed by atoms with Gasteiger partial charge in [-0.1, -0.05) is 47.7 Å². The van der Waals surface area contributed by atoms with Crippen LogP contribution in [0.4, 0.5) is 0 Å². The summed E-state index contributed by atoms with van der Waals surface area (Å²) in [6.45, 7) is 6.16. The van der Waals surface area contributed by atoms with E-state index >= 15 is 0 Å². The van der Waals surface area contributed by atoms with E-state index in [9.17, 15) is 14.4 Å². The Morgan fingerprint density at radius 3 is 2.36 bits per heavy atom. The number of hydrogen-bond acceptors (Lipinski definition) is 5. The number of aromatic nitrogens is 1. The Bertz CT molecular complexity index is 1410. The zero-order valence-electron chi connectivity index (χ0n) is 20.8. The first-order valence-electron chi connectivity index (χ1n) is 11.5. The van der Waals surface area contributed by atoms with Gasteiger partial charge in [0.2, 0.25) is 0 Å². The van der Waals surface area contributed by atoms with E-state index in [0.717, 1.165) is 32.2 Å². The highest BCUT2D eigenvalue weighted by Crippen LogP contribution is 2.41. The standard InChI is InChI=1S/C27H27BrN2O5Si/c1-34-26(32)17-8-6-16(7-9-17)25-24-20(19-14-18(28)10-11-21(19)29-24)15-22(27(33)35-2)30(25)23(31)12-13-36(3,4)5/h6-11,14,22,25,29H,15H2,1-5H3/t22-,25-/m1/s1. The van der Waals surface area contributed by atoms with Crippen molar-refractivity contribution in [1.82, 2.24) is 9.88 Å². The Morgan fingerprint density at radius 2 is 1.75 bits per heavy atom. The molecule has 0 bridgehead atoms. The third-order valence-electron chi connectivity index (χ3n) is 6.09. The van der Waals surface area contributed by atoms with E-state index in [1.165, 1.54) is 19.1 Å². The number of amides is 1. The average Bonchev–Trinajstić information content (AvgIpc) is 3.22. The second-order valence-corrected chi connectivity index (χ2v) is 15.3. The maximum atomic E-state index is 13.6. The highest BCUT2D eigenvalue weighted by atomic mass is 79.9. The van der Waals surface area contributed by atoms with E-state index in [1.54, 1.807) is 24.3 Å². The van der Waals surface area contributed by atoms with Crippen LogP contribution in [-0.2, 0) is 25.5 Å². The number of H-pyrrole nitrogens is 1. The minimum Gasteiger partial charge on any atom is -0.467 e. The van der Waals surface area contributed by atoms with Crippen molar-refractivity contribution in [2.24, 2.45) is 0 Å². The molecule has 1 N–H and O–H groups in total. The van der Waals surface area contributed by atoms with Crippen LogP contribution in [0, 0.1) is 11.5 Å². The smallest absolute Gasteiger partial charge is 0.337 e. The molecule has 2 aromatic carbocycles. The number of nitrogens with one attached hydrogen (secondary N) is 1. The summed E-state index contributed by atoms with van der Waals surface area (Å²) in [4.78, 5) is 43.7. The third kappa shape index (κ3) is 4.97. The van der Waals surface area contributed by atoms with Crippen LogP contribution in [0.3, 0.4) is 0 Å². The first-order valence-corrected chi connectivity index (χ1v) is 15.7. The number of hydrogen-bond donors (Lipinski definition) is 1. The number of ether oxygens (including phenoxy) is 2. The SMILES string of the molecule is COC(=O)c1ccc([C@@H]2c3[nH]c4ccc(Br)cc4c3C[C@H](C(=O)OC)N2C(=O)C#C[Si](C)(C)C)cc1. The lowest BCUT2D eigenvalue weighted by Gasteiger charge is -2.40. The monoisotopic (exact) mass is 566 g/mol. The molecule has 1 amide bonds. The molecular formula is C27H27BrN2O5Si. The van der Waals surface area contributed by atoms with E-state index in [1.807, 2.05) is 18.2 Å². The van der Waals surface area contributed by atoms with Crippen molar-refractivity contribution < 1.29 is 23.9 Å². The molecule has 1 aliphatic rings. The van der Waals surface area contributed by atoms with Crippen LogP contribution in [0.1, 0.15) is 33.2 Å². The average molecular weight is 568 g/mol. The number of esters is 2. The largest absolute Gasteiger partial charge is 0.467 e. The van der Waals surface area contributed by atoms with E-state index in [0.29, 0.717) is 5.56 Å². The molecule has 1 aromatic heterocycles. The van der Waals surface area contributed by atoms with Crippen molar-refractivity contribution in [2.45, 2.75) is 38.1 Å². The highest BCUT2D eigenvalue weighted by Gasteiger charge is 2.44. The van der Waals surface area contributed by atoms with Crippen molar-refractivity contribution in [2.75, 3.05) is 14.2 Å². The number of aromatic amines is 1. The van der Waals surface area contributed by atoms with Gasteiger partial charge in [-0.05, 0) is 47.4 Å². The van der Waals surface area contributed by atoms with Gasteiger partial charge in [-0.2, -0.15) is 0 Å². The molecule has 0 fully saturated rings. The molecule has 1 aliphatic heterocycles. The Morgan fingerprint density at radius 1 is 1.06 bits per heavy atom. The summed E-state index contributed by atoms with van der Waals surface area (Å²) in [6, 6.07) is 11.2. The molecule has 0 saturated heterocycles. The molecule has 0 spiro atoms. The van der Waals surface area contributed by atoms with Crippen molar-refractivity contribution in [3.05, 3.63) is 69.3 Å². The minimum atomic E-state index is -1.86. The van der Waals surface area contributed by atoms with Crippen molar-refractivity contribution in [3.63, 3.8) is 0 Å². The molecule has 0 saturated carbocycles. The molecule has 9 heteroatoms. The van der Waals surface area contributed by atoms with E-state index < -0.39 is 38.0 Å². The van der Waals surface area contributed by atoms with Crippen LogP contribution in [-0.4, -0.2) is 56.1 Å². The first-order chi connectivity index (χ1) is 17.0. The van der Waals surface area contributed by atoms with Gasteiger partial charge >= 0.3 is 11.9 Å². The molecule has 2 heterocycles. The molecule has 36 heavy (non-hydrogen) atoms. The van der Waals surface area contributed by atoms with Gasteiger partial charge in [0.15, 0.2) is 0 Å². The third-order valence-corrected chi connectivity index (χ3v) is 7.45. The summed E-state index contributed by atoms with van der Waals surface area (Å²) in [5.74, 6) is 1.40. The highest BCUT2D eigenvalue weighted by molar-refractivity contribution is 9.10. The van der Waals surface area contributed by atoms with E-state index in [-0.39, 0.29) is 6.42 Å². The molecule has 4 rings (SSSR count). The molecule has 0 unspecified atom stereocenters. The second kappa shape index (κ2) is 9.95. The number of carbonyl (C=O) groups excluding carboxylic acids is 3. The number of rotatable bonds is 3. The normalized spacial score (nSPS) is 17.1. The van der Waals surface area contributed by atoms with Gasteiger partial charge in [0, 0.05) is 27.5 Å². The fourth-order valence-corrected chi connectivity index (χ4v) is 5.29. The van der Waals surface area contributed by atoms with Crippen LogP contribution in [0.15, 0.2) is 46.9 Å². The number of carbonyl (C=O) groups is 3.